The highest BCUT2D eigenvalue weighted by atomic mass is 35.5. The lowest BCUT2D eigenvalue weighted by molar-refractivity contribution is -0.130. The van der Waals surface area contributed by atoms with E-state index in [4.69, 9.17) is 11.6 Å². The zero-order valence-corrected chi connectivity index (χ0v) is 8.61. The van der Waals surface area contributed by atoms with Crippen LogP contribution in [-0.4, -0.2) is 36.5 Å². The van der Waals surface area contributed by atoms with E-state index in [1.165, 1.54) is 0 Å². The molecule has 76 valence electrons. The number of hydrogen-bond donors (Lipinski definition) is 0. The van der Waals surface area contributed by atoms with Crippen LogP contribution in [0.15, 0.2) is 0 Å². The average molecular weight is 208 g/mol. The first-order valence-corrected chi connectivity index (χ1v) is 5.04. The molecule has 1 aliphatic rings. The zero-order chi connectivity index (χ0) is 9.90. The second-order valence-electron chi connectivity index (χ2n) is 3.96. The Hall–Kier alpha value is -0.310. The van der Waals surface area contributed by atoms with E-state index in [2.05, 4.69) is 0 Å². The minimum atomic E-state index is -0.296. The van der Waals surface area contributed by atoms with Crippen LogP contribution < -0.4 is 0 Å². The summed E-state index contributed by atoms with van der Waals surface area (Å²) in [6, 6.07) is 0. The second kappa shape index (κ2) is 4.27. The first kappa shape index (κ1) is 10.8. The standard InChI is InChI=1S/C9H15ClFNO/c1-9(7-11)2-4-12(5-3-9)8(13)6-10/h2-7H2,1H3. The number of likely N-dealkylation sites (tertiary alicyclic amines) is 1. The molecule has 0 saturated carbocycles. The zero-order valence-electron chi connectivity index (χ0n) is 7.85. The molecule has 13 heavy (non-hydrogen) atoms. The Labute approximate surface area is 83.0 Å². The van der Waals surface area contributed by atoms with Gasteiger partial charge in [0, 0.05) is 13.1 Å². The number of amides is 1. The number of carbonyl (C=O) groups is 1. The highest BCUT2D eigenvalue weighted by molar-refractivity contribution is 6.27. The predicted molar refractivity (Wildman–Crippen MR) is 50.6 cm³/mol. The summed E-state index contributed by atoms with van der Waals surface area (Å²) in [7, 11) is 0. The molecule has 1 fully saturated rings. The van der Waals surface area contributed by atoms with Gasteiger partial charge in [-0.25, -0.2) is 0 Å². The Kier molecular flexibility index (Phi) is 3.54. The summed E-state index contributed by atoms with van der Waals surface area (Å²) in [5.74, 6) is -0.00522. The fraction of sp³-hybridized carbons (Fsp3) is 0.889. The van der Waals surface area contributed by atoms with Crippen LogP contribution in [-0.2, 0) is 4.79 Å². The van der Waals surface area contributed by atoms with E-state index in [1.54, 1.807) is 4.90 Å². The lowest BCUT2D eigenvalue weighted by atomic mass is 9.82. The smallest absolute Gasteiger partial charge is 0.237 e. The molecule has 0 aliphatic carbocycles. The molecule has 2 nitrogen and oxygen atoms in total. The van der Waals surface area contributed by atoms with Crippen molar-refractivity contribution in [2.75, 3.05) is 25.6 Å². The molecule has 0 aromatic rings. The number of nitrogens with zero attached hydrogens (tertiary/aromatic N) is 1. The van der Waals surface area contributed by atoms with E-state index in [-0.39, 0.29) is 23.9 Å². The highest BCUT2D eigenvalue weighted by Crippen LogP contribution is 2.31. The monoisotopic (exact) mass is 207 g/mol. The van der Waals surface area contributed by atoms with Gasteiger partial charge in [-0.2, -0.15) is 0 Å². The van der Waals surface area contributed by atoms with Crippen LogP contribution in [0, 0.1) is 5.41 Å². The quantitative estimate of drug-likeness (QED) is 0.633. The van der Waals surface area contributed by atoms with Crippen molar-refractivity contribution < 1.29 is 9.18 Å². The lowest BCUT2D eigenvalue weighted by Gasteiger charge is -2.37. The lowest BCUT2D eigenvalue weighted by Crippen LogP contribution is -2.43. The van der Waals surface area contributed by atoms with Gasteiger partial charge in [0.2, 0.25) is 5.91 Å². The van der Waals surface area contributed by atoms with Crippen LogP contribution in [0.2, 0.25) is 0 Å². The van der Waals surface area contributed by atoms with Crippen LogP contribution in [0.4, 0.5) is 4.39 Å². The summed E-state index contributed by atoms with van der Waals surface area (Å²) in [4.78, 5) is 12.9. The molecule has 1 amide bonds. The van der Waals surface area contributed by atoms with Crippen molar-refractivity contribution in [1.82, 2.24) is 4.90 Å². The molecule has 0 aromatic heterocycles. The minimum absolute atomic E-state index is 0.0341. The van der Waals surface area contributed by atoms with Gasteiger partial charge in [0.05, 0.1) is 6.67 Å². The van der Waals surface area contributed by atoms with E-state index in [1.807, 2.05) is 6.92 Å². The minimum Gasteiger partial charge on any atom is -0.342 e. The summed E-state index contributed by atoms with van der Waals surface area (Å²) < 4.78 is 12.5. The molecule has 0 unspecified atom stereocenters. The fourth-order valence-corrected chi connectivity index (χ4v) is 1.68. The van der Waals surface area contributed by atoms with Gasteiger partial charge in [0.15, 0.2) is 0 Å². The van der Waals surface area contributed by atoms with Gasteiger partial charge in [0.1, 0.15) is 5.88 Å². The maximum absolute atomic E-state index is 12.5. The normalized spacial score (nSPS) is 21.6. The molecule has 1 saturated heterocycles. The van der Waals surface area contributed by atoms with Crippen molar-refractivity contribution in [3.05, 3.63) is 0 Å². The number of halogens is 2. The van der Waals surface area contributed by atoms with Gasteiger partial charge < -0.3 is 4.90 Å². The van der Waals surface area contributed by atoms with Gasteiger partial charge in [0.25, 0.3) is 0 Å². The maximum atomic E-state index is 12.5. The number of alkyl halides is 2. The topological polar surface area (TPSA) is 20.3 Å². The molecule has 4 heteroatoms. The van der Waals surface area contributed by atoms with E-state index in [0.29, 0.717) is 13.1 Å². The van der Waals surface area contributed by atoms with Crippen LogP contribution in [0.1, 0.15) is 19.8 Å². The predicted octanol–water partition coefficient (Wildman–Crippen LogP) is 1.82. The second-order valence-corrected chi connectivity index (χ2v) is 4.23. The first-order valence-electron chi connectivity index (χ1n) is 4.51. The largest absolute Gasteiger partial charge is 0.342 e. The number of rotatable bonds is 2. The van der Waals surface area contributed by atoms with Gasteiger partial charge in [-0.1, -0.05) is 6.92 Å². The number of hydrogen-bond acceptors (Lipinski definition) is 1. The molecule has 1 rings (SSSR count). The Balaban J connectivity index is 2.43. The Morgan fingerprint density at radius 1 is 1.54 bits per heavy atom. The van der Waals surface area contributed by atoms with Crippen molar-refractivity contribution in [3.8, 4) is 0 Å². The third-order valence-electron chi connectivity index (χ3n) is 2.76. The maximum Gasteiger partial charge on any atom is 0.237 e. The third-order valence-corrected chi connectivity index (χ3v) is 2.99. The van der Waals surface area contributed by atoms with Gasteiger partial charge in [-0.15, -0.1) is 11.6 Å². The molecule has 1 heterocycles. The van der Waals surface area contributed by atoms with Crippen LogP contribution in [0.5, 0.6) is 0 Å². The van der Waals surface area contributed by atoms with Crippen LogP contribution >= 0.6 is 11.6 Å². The molecule has 0 bridgehead atoms. The van der Waals surface area contributed by atoms with Gasteiger partial charge in [-0.3, -0.25) is 9.18 Å². The van der Waals surface area contributed by atoms with Crippen LogP contribution in [0.25, 0.3) is 0 Å². The van der Waals surface area contributed by atoms with Crippen molar-refractivity contribution >= 4 is 17.5 Å². The first-order chi connectivity index (χ1) is 6.11. The highest BCUT2D eigenvalue weighted by Gasteiger charge is 2.31. The van der Waals surface area contributed by atoms with E-state index >= 15 is 0 Å². The Morgan fingerprint density at radius 3 is 2.46 bits per heavy atom. The van der Waals surface area contributed by atoms with Crippen molar-refractivity contribution in [2.45, 2.75) is 19.8 Å². The molecule has 0 aromatic carbocycles. The van der Waals surface area contributed by atoms with Gasteiger partial charge in [-0.05, 0) is 18.3 Å². The summed E-state index contributed by atoms with van der Waals surface area (Å²) in [6.45, 7) is 2.92. The Bertz CT molecular complexity index is 190. The summed E-state index contributed by atoms with van der Waals surface area (Å²) in [5, 5.41) is 0. The average Bonchev–Trinajstić information content (AvgIpc) is 2.18. The molecule has 0 spiro atoms. The van der Waals surface area contributed by atoms with E-state index < -0.39 is 0 Å². The van der Waals surface area contributed by atoms with Crippen LogP contribution in [0.3, 0.4) is 0 Å². The Morgan fingerprint density at radius 2 is 2.08 bits per heavy atom. The number of carbonyl (C=O) groups excluding carboxylic acids is 1. The number of piperidine rings is 1. The van der Waals surface area contributed by atoms with E-state index in [0.717, 1.165) is 12.8 Å². The SMILES string of the molecule is CC1(CF)CCN(C(=O)CCl)CC1. The molecule has 1 aliphatic heterocycles. The molecular weight excluding hydrogens is 193 g/mol. The van der Waals surface area contributed by atoms with Crippen molar-refractivity contribution in [1.29, 1.82) is 0 Å². The molecule has 0 atom stereocenters. The molecule has 0 radical (unpaired) electrons. The van der Waals surface area contributed by atoms with Crippen molar-refractivity contribution in [3.63, 3.8) is 0 Å². The van der Waals surface area contributed by atoms with Gasteiger partial charge >= 0.3 is 0 Å². The fourth-order valence-electron chi connectivity index (χ4n) is 1.51. The summed E-state index contributed by atoms with van der Waals surface area (Å²) in [5.41, 5.74) is -0.219. The molecular formula is C9H15ClFNO. The third kappa shape index (κ3) is 2.56. The summed E-state index contributed by atoms with van der Waals surface area (Å²) >= 11 is 5.42. The summed E-state index contributed by atoms with van der Waals surface area (Å²) in [6.07, 6.45) is 1.48. The van der Waals surface area contributed by atoms with Crippen molar-refractivity contribution in [2.24, 2.45) is 5.41 Å². The van der Waals surface area contributed by atoms with E-state index in [9.17, 15) is 9.18 Å². The molecule has 0 N–H and O–H groups in total.